The first-order valence-corrected chi connectivity index (χ1v) is 10.7. The summed E-state index contributed by atoms with van der Waals surface area (Å²) in [5, 5.41) is 0. The molecule has 0 radical (unpaired) electrons. The quantitative estimate of drug-likeness (QED) is 0.717. The van der Waals surface area contributed by atoms with Crippen molar-refractivity contribution >= 4 is 11.8 Å². The molecule has 2 aliphatic rings. The molecule has 2 unspecified atom stereocenters. The Morgan fingerprint density at radius 3 is 2.38 bits per heavy atom. The van der Waals surface area contributed by atoms with E-state index >= 15 is 0 Å². The zero-order valence-electron chi connectivity index (χ0n) is 17.8. The van der Waals surface area contributed by atoms with Gasteiger partial charge in [0.05, 0.1) is 30.3 Å². The van der Waals surface area contributed by atoms with Crippen molar-refractivity contribution in [2.75, 3.05) is 33.2 Å². The average Bonchev–Trinajstić information content (AvgIpc) is 3.28. The van der Waals surface area contributed by atoms with E-state index in [2.05, 4.69) is 4.90 Å². The molecule has 2 aromatic rings. The SMILES string of the molecule is CN1C(=O)CCC(C(=O)N2CCN(Cc3ccco3)CC2)C1c1ccc(C(F)(F)F)cc1. The molecule has 2 aliphatic heterocycles. The lowest BCUT2D eigenvalue weighted by atomic mass is 9.83. The van der Waals surface area contributed by atoms with Crippen molar-refractivity contribution in [3.8, 4) is 0 Å². The molecule has 0 aliphatic carbocycles. The summed E-state index contributed by atoms with van der Waals surface area (Å²) < 4.78 is 44.3. The van der Waals surface area contributed by atoms with Crippen LogP contribution in [-0.4, -0.2) is 59.7 Å². The number of rotatable bonds is 4. The second-order valence-corrected chi connectivity index (χ2v) is 8.40. The minimum Gasteiger partial charge on any atom is -0.468 e. The summed E-state index contributed by atoms with van der Waals surface area (Å²) in [4.78, 5) is 31.3. The highest BCUT2D eigenvalue weighted by Crippen LogP contribution is 2.38. The smallest absolute Gasteiger partial charge is 0.416 e. The fourth-order valence-corrected chi connectivity index (χ4v) is 4.61. The zero-order chi connectivity index (χ0) is 22.9. The topological polar surface area (TPSA) is 57.0 Å². The molecule has 172 valence electrons. The van der Waals surface area contributed by atoms with E-state index in [1.54, 1.807) is 13.3 Å². The van der Waals surface area contributed by atoms with Crippen molar-refractivity contribution in [1.29, 1.82) is 0 Å². The molecular weight excluding hydrogens is 423 g/mol. The van der Waals surface area contributed by atoms with Gasteiger partial charge in [-0.1, -0.05) is 12.1 Å². The summed E-state index contributed by atoms with van der Waals surface area (Å²) in [5.74, 6) is 0.236. The van der Waals surface area contributed by atoms with Crippen molar-refractivity contribution in [2.24, 2.45) is 5.92 Å². The van der Waals surface area contributed by atoms with Gasteiger partial charge in [0.1, 0.15) is 5.76 Å². The lowest BCUT2D eigenvalue weighted by Gasteiger charge is -2.42. The number of carbonyl (C=O) groups is 2. The summed E-state index contributed by atoms with van der Waals surface area (Å²) in [6.45, 7) is 3.22. The normalized spacial score (nSPS) is 22.9. The standard InChI is InChI=1S/C23H26F3N3O3/c1-27-20(30)9-8-19(21(27)16-4-6-17(7-5-16)23(24,25)26)22(31)29-12-10-28(11-13-29)15-18-3-2-14-32-18/h2-7,14,19,21H,8-13,15H2,1H3. The molecule has 2 saturated heterocycles. The number of piperazine rings is 1. The molecule has 6 nitrogen and oxygen atoms in total. The zero-order valence-corrected chi connectivity index (χ0v) is 17.8. The van der Waals surface area contributed by atoms with E-state index in [9.17, 15) is 22.8 Å². The van der Waals surface area contributed by atoms with Crippen LogP contribution in [0.2, 0.25) is 0 Å². The first-order valence-electron chi connectivity index (χ1n) is 10.7. The Bertz CT molecular complexity index is 936. The van der Waals surface area contributed by atoms with E-state index in [1.165, 1.54) is 17.0 Å². The Morgan fingerprint density at radius 1 is 1.09 bits per heavy atom. The molecule has 9 heteroatoms. The number of piperidine rings is 1. The molecule has 0 N–H and O–H groups in total. The van der Waals surface area contributed by atoms with Crippen LogP contribution in [0.15, 0.2) is 47.1 Å². The monoisotopic (exact) mass is 449 g/mol. The first kappa shape index (κ1) is 22.4. The number of amides is 2. The highest BCUT2D eigenvalue weighted by atomic mass is 19.4. The Labute approximate surface area is 184 Å². The van der Waals surface area contributed by atoms with Gasteiger partial charge in [-0.05, 0) is 36.2 Å². The Balaban J connectivity index is 1.47. The maximum absolute atomic E-state index is 13.4. The van der Waals surface area contributed by atoms with Gasteiger partial charge in [0.25, 0.3) is 0 Å². The van der Waals surface area contributed by atoms with Crippen LogP contribution in [0.3, 0.4) is 0 Å². The van der Waals surface area contributed by atoms with Crippen LogP contribution in [-0.2, 0) is 22.3 Å². The van der Waals surface area contributed by atoms with E-state index in [-0.39, 0.29) is 18.2 Å². The second kappa shape index (κ2) is 8.97. The van der Waals surface area contributed by atoms with Crippen molar-refractivity contribution in [3.05, 3.63) is 59.5 Å². The number of alkyl halides is 3. The van der Waals surface area contributed by atoms with Crippen LogP contribution >= 0.6 is 0 Å². The third kappa shape index (κ3) is 4.67. The van der Waals surface area contributed by atoms with Crippen LogP contribution in [0.4, 0.5) is 13.2 Å². The number of hydrogen-bond donors (Lipinski definition) is 0. The van der Waals surface area contributed by atoms with E-state index in [0.29, 0.717) is 44.7 Å². The van der Waals surface area contributed by atoms with Gasteiger partial charge >= 0.3 is 6.18 Å². The summed E-state index contributed by atoms with van der Waals surface area (Å²) in [5.41, 5.74) is -0.204. The van der Waals surface area contributed by atoms with E-state index < -0.39 is 23.7 Å². The van der Waals surface area contributed by atoms with E-state index in [4.69, 9.17) is 4.42 Å². The molecule has 2 atom stereocenters. The number of hydrogen-bond acceptors (Lipinski definition) is 4. The van der Waals surface area contributed by atoms with Gasteiger partial charge in [0.15, 0.2) is 0 Å². The lowest BCUT2D eigenvalue weighted by Crippen LogP contribution is -2.53. The Morgan fingerprint density at radius 2 is 1.78 bits per heavy atom. The van der Waals surface area contributed by atoms with Crippen molar-refractivity contribution in [1.82, 2.24) is 14.7 Å². The van der Waals surface area contributed by atoms with Gasteiger partial charge in [-0.2, -0.15) is 13.2 Å². The highest BCUT2D eigenvalue weighted by Gasteiger charge is 2.41. The minimum absolute atomic E-state index is 0.0492. The van der Waals surface area contributed by atoms with Gasteiger partial charge in [-0.25, -0.2) is 0 Å². The van der Waals surface area contributed by atoms with Gasteiger partial charge < -0.3 is 14.2 Å². The van der Waals surface area contributed by atoms with E-state index in [0.717, 1.165) is 17.9 Å². The molecule has 1 aromatic heterocycles. The van der Waals surface area contributed by atoms with Gasteiger partial charge in [-0.3, -0.25) is 14.5 Å². The third-order valence-corrected chi connectivity index (χ3v) is 6.40. The summed E-state index contributed by atoms with van der Waals surface area (Å²) >= 11 is 0. The molecule has 2 amide bonds. The molecule has 0 saturated carbocycles. The molecule has 4 rings (SSSR count). The van der Waals surface area contributed by atoms with Gasteiger partial charge in [-0.15, -0.1) is 0 Å². The van der Waals surface area contributed by atoms with Crippen LogP contribution in [0.5, 0.6) is 0 Å². The largest absolute Gasteiger partial charge is 0.468 e. The molecule has 32 heavy (non-hydrogen) atoms. The highest BCUT2D eigenvalue weighted by molar-refractivity contribution is 5.85. The Hall–Kier alpha value is -2.81. The maximum atomic E-state index is 13.4. The van der Waals surface area contributed by atoms with Crippen molar-refractivity contribution in [2.45, 2.75) is 31.6 Å². The summed E-state index contributed by atoms with van der Waals surface area (Å²) in [6.07, 6.45) is -2.16. The molecule has 0 spiro atoms. The predicted molar refractivity (Wildman–Crippen MR) is 110 cm³/mol. The Kier molecular flexibility index (Phi) is 6.28. The number of carbonyl (C=O) groups excluding carboxylic acids is 2. The molecule has 0 bridgehead atoms. The molecular formula is C23H26F3N3O3. The van der Waals surface area contributed by atoms with Crippen molar-refractivity contribution < 1.29 is 27.2 Å². The fourth-order valence-electron chi connectivity index (χ4n) is 4.61. The summed E-state index contributed by atoms with van der Waals surface area (Å²) in [7, 11) is 1.62. The lowest BCUT2D eigenvalue weighted by molar-refractivity contribution is -0.148. The van der Waals surface area contributed by atoms with Gasteiger partial charge in [0.2, 0.25) is 11.8 Å². The van der Waals surface area contributed by atoms with Crippen LogP contribution < -0.4 is 0 Å². The van der Waals surface area contributed by atoms with Crippen LogP contribution in [0.1, 0.15) is 35.8 Å². The van der Waals surface area contributed by atoms with Crippen LogP contribution in [0, 0.1) is 5.92 Å². The number of likely N-dealkylation sites (tertiary alicyclic amines) is 1. The number of furan rings is 1. The second-order valence-electron chi connectivity index (χ2n) is 8.40. The first-order chi connectivity index (χ1) is 15.2. The third-order valence-electron chi connectivity index (χ3n) is 6.40. The fraction of sp³-hybridized carbons (Fsp3) is 0.478. The van der Waals surface area contributed by atoms with Crippen molar-refractivity contribution in [3.63, 3.8) is 0 Å². The minimum atomic E-state index is -4.43. The van der Waals surface area contributed by atoms with Gasteiger partial charge in [0, 0.05) is 39.6 Å². The predicted octanol–water partition coefficient (Wildman–Crippen LogP) is 3.55. The molecule has 1 aromatic carbocycles. The summed E-state index contributed by atoms with van der Waals surface area (Å²) in [6, 6.07) is 7.97. The average molecular weight is 449 g/mol. The number of nitrogens with zero attached hydrogens (tertiary/aromatic N) is 3. The number of benzene rings is 1. The molecule has 3 heterocycles. The van der Waals surface area contributed by atoms with Crippen LogP contribution in [0.25, 0.3) is 0 Å². The number of halogens is 3. The molecule has 2 fully saturated rings. The van der Waals surface area contributed by atoms with E-state index in [1.807, 2.05) is 17.0 Å². The maximum Gasteiger partial charge on any atom is 0.416 e.